The highest BCUT2D eigenvalue weighted by molar-refractivity contribution is 7.05. The first-order chi connectivity index (χ1) is 8.74. The molecule has 3 rings (SSSR count). The molecule has 0 aliphatic heterocycles. The number of anilines is 1. The smallest absolute Gasteiger partial charge is 0.257 e. The van der Waals surface area contributed by atoms with Crippen molar-refractivity contribution in [1.29, 1.82) is 0 Å². The number of aromatic nitrogens is 1. The molecular weight excluding hydrogens is 244 g/mol. The molecule has 0 aliphatic rings. The van der Waals surface area contributed by atoms with Crippen molar-refractivity contribution in [2.45, 2.75) is 6.54 Å². The van der Waals surface area contributed by atoms with Crippen LogP contribution in [-0.4, -0.2) is 3.96 Å². The van der Waals surface area contributed by atoms with E-state index in [-0.39, 0.29) is 4.74 Å². The highest BCUT2D eigenvalue weighted by Gasteiger charge is 2.07. The maximum Gasteiger partial charge on any atom is 0.257 e. The van der Waals surface area contributed by atoms with Gasteiger partial charge in [-0.3, -0.25) is 8.75 Å². The Labute approximate surface area is 108 Å². The van der Waals surface area contributed by atoms with Crippen LogP contribution >= 0.6 is 11.5 Å². The minimum atomic E-state index is 0.0632. The average molecular weight is 256 g/mol. The summed E-state index contributed by atoms with van der Waals surface area (Å²) < 4.78 is 2.07. The summed E-state index contributed by atoms with van der Waals surface area (Å²) in [5, 5.41) is 0.705. The van der Waals surface area contributed by atoms with Gasteiger partial charge in [0.15, 0.2) is 0 Å². The summed E-state index contributed by atoms with van der Waals surface area (Å²) in [5.74, 6) is 0. The van der Waals surface area contributed by atoms with Crippen molar-refractivity contribution in [2.75, 3.05) is 5.73 Å². The lowest BCUT2D eigenvalue weighted by Gasteiger charge is -2.03. The number of hydrogen-bond donors (Lipinski definition) is 1. The van der Waals surface area contributed by atoms with Crippen molar-refractivity contribution in [3.05, 3.63) is 63.6 Å². The summed E-state index contributed by atoms with van der Waals surface area (Å²) >= 11 is 1.24. The van der Waals surface area contributed by atoms with Crippen LogP contribution in [0.3, 0.4) is 0 Å². The van der Waals surface area contributed by atoms with Gasteiger partial charge in [-0.15, -0.1) is 0 Å². The standard InChI is InChI=1S/C14H12N2OS/c15-11-6-7-13-12(8-11)14(17)18-16(13)9-10-4-2-1-3-5-10/h1-8H,9,15H2. The number of fused-ring (bicyclic) bond motifs is 1. The van der Waals surface area contributed by atoms with Gasteiger partial charge in [-0.2, -0.15) is 0 Å². The van der Waals surface area contributed by atoms with E-state index in [0.717, 1.165) is 5.52 Å². The zero-order valence-corrected chi connectivity index (χ0v) is 10.5. The van der Waals surface area contributed by atoms with E-state index < -0.39 is 0 Å². The fourth-order valence-electron chi connectivity index (χ4n) is 2.00. The Morgan fingerprint density at radius 1 is 1.11 bits per heavy atom. The molecular formula is C14H12N2OS. The van der Waals surface area contributed by atoms with Crippen LogP contribution in [0, 0.1) is 0 Å². The molecule has 2 aromatic carbocycles. The summed E-state index contributed by atoms with van der Waals surface area (Å²) in [7, 11) is 0. The number of nitrogens with two attached hydrogens (primary N) is 1. The molecule has 0 spiro atoms. The van der Waals surface area contributed by atoms with Crippen LogP contribution in [-0.2, 0) is 6.54 Å². The zero-order valence-electron chi connectivity index (χ0n) is 9.67. The van der Waals surface area contributed by atoms with Crippen molar-refractivity contribution in [3.8, 4) is 0 Å². The summed E-state index contributed by atoms with van der Waals surface area (Å²) in [6, 6.07) is 15.6. The van der Waals surface area contributed by atoms with E-state index >= 15 is 0 Å². The van der Waals surface area contributed by atoms with Crippen molar-refractivity contribution < 1.29 is 0 Å². The number of hydrogen-bond acceptors (Lipinski definition) is 3. The van der Waals surface area contributed by atoms with Crippen molar-refractivity contribution in [1.82, 2.24) is 3.96 Å². The van der Waals surface area contributed by atoms with E-state index in [1.807, 2.05) is 34.3 Å². The second-order valence-corrected chi connectivity index (χ2v) is 5.17. The molecule has 0 unspecified atom stereocenters. The SMILES string of the molecule is Nc1ccc2c(c1)c(=O)sn2Cc1ccccc1. The van der Waals surface area contributed by atoms with Crippen LogP contribution in [0.2, 0.25) is 0 Å². The van der Waals surface area contributed by atoms with Gasteiger partial charge in [-0.25, -0.2) is 0 Å². The lowest BCUT2D eigenvalue weighted by atomic mass is 10.2. The van der Waals surface area contributed by atoms with Crippen molar-refractivity contribution in [2.24, 2.45) is 0 Å². The molecule has 0 bridgehead atoms. The van der Waals surface area contributed by atoms with Crippen molar-refractivity contribution in [3.63, 3.8) is 0 Å². The average Bonchev–Trinajstić information content (AvgIpc) is 2.67. The summed E-state index contributed by atoms with van der Waals surface area (Å²) in [6.45, 7) is 0.716. The van der Waals surface area contributed by atoms with Gasteiger partial charge < -0.3 is 5.73 Å². The largest absolute Gasteiger partial charge is 0.399 e. The minimum Gasteiger partial charge on any atom is -0.399 e. The van der Waals surface area contributed by atoms with Gasteiger partial charge in [-0.05, 0) is 35.3 Å². The third-order valence-electron chi connectivity index (χ3n) is 2.87. The van der Waals surface area contributed by atoms with Crippen LogP contribution < -0.4 is 10.5 Å². The van der Waals surface area contributed by atoms with Gasteiger partial charge in [0.25, 0.3) is 4.74 Å². The van der Waals surface area contributed by atoms with Crippen LogP contribution in [0.15, 0.2) is 53.3 Å². The van der Waals surface area contributed by atoms with Crippen LogP contribution in [0.4, 0.5) is 5.69 Å². The third kappa shape index (κ3) is 1.91. The first-order valence-corrected chi connectivity index (χ1v) is 6.44. The van der Waals surface area contributed by atoms with Crippen LogP contribution in [0.1, 0.15) is 5.56 Å². The normalized spacial score (nSPS) is 10.9. The second kappa shape index (κ2) is 4.31. The lowest BCUT2D eigenvalue weighted by molar-refractivity contribution is 0.915. The number of benzene rings is 2. The Hall–Kier alpha value is -2.07. The predicted molar refractivity (Wildman–Crippen MR) is 76.0 cm³/mol. The monoisotopic (exact) mass is 256 g/mol. The second-order valence-electron chi connectivity index (χ2n) is 4.18. The molecule has 3 nitrogen and oxygen atoms in total. The summed E-state index contributed by atoms with van der Waals surface area (Å²) in [5.41, 5.74) is 8.47. The van der Waals surface area contributed by atoms with E-state index in [9.17, 15) is 4.79 Å². The van der Waals surface area contributed by atoms with E-state index in [4.69, 9.17) is 5.73 Å². The molecule has 0 radical (unpaired) electrons. The summed E-state index contributed by atoms with van der Waals surface area (Å²) in [4.78, 5) is 11.9. The van der Waals surface area contributed by atoms with Gasteiger partial charge in [0.05, 0.1) is 17.4 Å². The van der Waals surface area contributed by atoms with Crippen LogP contribution in [0.5, 0.6) is 0 Å². The molecule has 1 heterocycles. The molecule has 4 heteroatoms. The molecule has 0 saturated carbocycles. The Morgan fingerprint density at radius 3 is 2.67 bits per heavy atom. The Kier molecular flexibility index (Phi) is 2.64. The molecule has 0 amide bonds. The van der Waals surface area contributed by atoms with Gasteiger partial charge in [0.2, 0.25) is 0 Å². The molecule has 18 heavy (non-hydrogen) atoms. The van der Waals surface area contributed by atoms with Gasteiger partial charge in [-0.1, -0.05) is 30.3 Å². The Balaban J connectivity index is 2.11. The van der Waals surface area contributed by atoms with E-state index in [0.29, 0.717) is 17.6 Å². The third-order valence-corrected chi connectivity index (χ3v) is 3.80. The molecule has 90 valence electrons. The Morgan fingerprint density at radius 2 is 1.89 bits per heavy atom. The molecule has 0 saturated heterocycles. The summed E-state index contributed by atoms with van der Waals surface area (Å²) in [6.07, 6.45) is 0. The molecule has 3 aromatic rings. The predicted octanol–water partition coefficient (Wildman–Crippen LogP) is 2.69. The van der Waals surface area contributed by atoms with E-state index in [1.165, 1.54) is 17.1 Å². The lowest BCUT2D eigenvalue weighted by Crippen LogP contribution is -1.95. The van der Waals surface area contributed by atoms with Gasteiger partial charge >= 0.3 is 0 Å². The van der Waals surface area contributed by atoms with Crippen LogP contribution in [0.25, 0.3) is 10.9 Å². The molecule has 2 N–H and O–H groups in total. The fourth-order valence-corrected chi connectivity index (χ4v) is 2.93. The topological polar surface area (TPSA) is 48.0 Å². The van der Waals surface area contributed by atoms with E-state index in [1.54, 1.807) is 6.07 Å². The zero-order chi connectivity index (χ0) is 12.5. The fraction of sp³-hybridized carbons (Fsp3) is 0.0714. The molecule has 1 aromatic heterocycles. The first-order valence-electron chi connectivity index (χ1n) is 5.67. The maximum atomic E-state index is 11.9. The highest BCUT2D eigenvalue weighted by atomic mass is 32.1. The number of nitrogens with zero attached hydrogens (tertiary/aromatic N) is 1. The van der Waals surface area contributed by atoms with Gasteiger partial charge in [0, 0.05) is 5.69 Å². The highest BCUT2D eigenvalue weighted by Crippen LogP contribution is 2.18. The minimum absolute atomic E-state index is 0.0632. The number of nitrogen functional groups attached to an aromatic ring is 1. The number of rotatable bonds is 2. The Bertz CT molecular complexity index is 743. The van der Waals surface area contributed by atoms with Crippen molar-refractivity contribution >= 4 is 28.1 Å². The van der Waals surface area contributed by atoms with E-state index in [2.05, 4.69) is 12.1 Å². The molecule has 0 fully saturated rings. The first kappa shape index (κ1) is 11.0. The van der Waals surface area contributed by atoms with Gasteiger partial charge in [0.1, 0.15) is 0 Å². The molecule has 0 atom stereocenters. The molecule has 0 aliphatic carbocycles. The maximum absolute atomic E-state index is 11.9. The quantitative estimate of drug-likeness (QED) is 0.717.